The van der Waals surface area contributed by atoms with E-state index in [-0.39, 0.29) is 36.7 Å². The van der Waals surface area contributed by atoms with Crippen molar-refractivity contribution in [3.8, 4) is 0 Å². The van der Waals surface area contributed by atoms with Crippen LogP contribution < -0.4 is 15.5 Å². The Hall–Kier alpha value is -2.96. The Labute approximate surface area is 216 Å². The normalized spacial score (nSPS) is 19.3. The van der Waals surface area contributed by atoms with E-state index in [1.165, 1.54) is 4.88 Å². The molecule has 1 saturated heterocycles. The first kappa shape index (κ1) is 25.7. The number of anilines is 2. The van der Waals surface area contributed by atoms with Crippen molar-refractivity contribution in [2.24, 2.45) is 17.6 Å². The highest BCUT2D eigenvalue weighted by atomic mass is 32.1. The van der Waals surface area contributed by atoms with E-state index in [0.717, 1.165) is 47.0 Å². The lowest BCUT2D eigenvalue weighted by molar-refractivity contribution is -0.147. The molecular weight excluding hydrogens is 505 g/mol. The standard InChI is InChI=1S/C24H31F3N8OS/c1-3-6-15-11-17-20(33-9-10-35-18(13-33)31-32-22(35)24(25,26)27)29-23(30-21(17)37-15)34-8-5-7-14(12-34)16(4-2)19(28)36/h11,14,16H,3-10,12-13H2,1-2H3,(H2,28,36)/t14-,16?/m1/s1. The van der Waals surface area contributed by atoms with Gasteiger partial charge in [0.1, 0.15) is 10.6 Å². The van der Waals surface area contributed by atoms with Gasteiger partial charge in [-0.05, 0) is 37.7 Å². The molecule has 1 amide bonds. The van der Waals surface area contributed by atoms with Crippen LogP contribution in [0.4, 0.5) is 24.9 Å². The maximum Gasteiger partial charge on any atom is 0.451 e. The molecule has 0 radical (unpaired) electrons. The minimum atomic E-state index is -4.54. The van der Waals surface area contributed by atoms with E-state index in [1.54, 1.807) is 11.3 Å². The number of thiophene rings is 1. The van der Waals surface area contributed by atoms with Crippen LogP contribution >= 0.6 is 11.3 Å². The average Bonchev–Trinajstić information content (AvgIpc) is 3.47. The maximum absolute atomic E-state index is 13.3. The van der Waals surface area contributed by atoms with Crippen LogP contribution in [0, 0.1) is 11.8 Å². The average molecular weight is 537 g/mol. The molecule has 5 rings (SSSR count). The lowest BCUT2D eigenvalue weighted by Crippen LogP contribution is -2.43. The van der Waals surface area contributed by atoms with Crippen molar-refractivity contribution >= 4 is 39.2 Å². The van der Waals surface area contributed by atoms with E-state index in [4.69, 9.17) is 15.7 Å². The molecule has 13 heteroatoms. The lowest BCUT2D eigenvalue weighted by Gasteiger charge is -2.36. The van der Waals surface area contributed by atoms with Gasteiger partial charge in [-0.2, -0.15) is 18.2 Å². The van der Waals surface area contributed by atoms with Gasteiger partial charge in [0.15, 0.2) is 5.82 Å². The van der Waals surface area contributed by atoms with Crippen molar-refractivity contribution in [3.63, 3.8) is 0 Å². The largest absolute Gasteiger partial charge is 0.451 e. The van der Waals surface area contributed by atoms with Gasteiger partial charge >= 0.3 is 6.18 Å². The van der Waals surface area contributed by atoms with Crippen molar-refractivity contribution in [1.82, 2.24) is 24.7 Å². The molecule has 2 atom stereocenters. The summed E-state index contributed by atoms with van der Waals surface area (Å²) in [5.74, 6) is 0.249. The summed E-state index contributed by atoms with van der Waals surface area (Å²) in [5, 5.41) is 8.15. The highest BCUT2D eigenvalue weighted by Crippen LogP contribution is 2.37. The van der Waals surface area contributed by atoms with E-state index in [2.05, 4.69) is 28.1 Å². The molecule has 3 aromatic rings. The Morgan fingerprint density at radius 3 is 2.70 bits per heavy atom. The molecule has 0 aliphatic carbocycles. The van der Waals surface area contributed by atoms with Crippen molar-refractivity contribution in [2.45, 2.75) is 65.2 Å². The number of alkyl halides is 3. The second kappa shape index (κ2) is 10.1. The maximum atomic E-state index is 13.3. The molecule has 9 nitrogen and oxygen atoms in total. The number of hydrogen-bond donors (Lipinski definition) is 1. The number of fused-ring (bicyclic) bond motifs is 2. The Morgan fingerprint density at radius 1 is 1.19 bits per heavy atom. The summed E-state index contributed by atoms with van der Waals surface area (Å²) in [6.07, 6.45) is -0.105. The van der Waals surface area contributed by atoms with Gasteiger partial charge in [0.25, 0.3) is 0 Å². The van der Waals surface area contributed by atoms with E-state index in [1.807, 2.05) is 11.8 Å². The van der Waals surface area contributed by atoms with Gasteiger partial charge in [0, 0.05) is 37.0 Å². The molecule has 1 fully saturated rings. The third kappa shape index (κ3) is 4.97. The summed E-state index contributed by atoms with van der Waals surface area (Å²) >= 11 is 1.63. The summed E-state index contributed by atoms with van der Waals surface area (Å²) in [7, 11) is 0. The molecule has 3 aromatic heterocycles. The highest BCUT2D eigenvalue weighted by Gasteiger charge is 2.40. The van der Waals surface area contributed by atoms with Crippen molar-refractivity contribution < 1.29 is 18.0 Å². The highest BCUT2D eigenvalue weighted by molar-refractivity contribution is 7.18. The smallest absolute Gasteiger partial charge is 0.369 e. The number of nitrogens with two attached hydrogens (primary N) is 1. The Bertz CT molecular complexity index is 1290. The third-order valence-electron chi connectivity index (χ3n) is 7.33. The summed E-state index contributed by atoms with van der Waals surface area (Å²) in [5.41, 5.74) is 5.68. The van der Waals surface area contributed by atoms with Crippen molar-refractivity contribution in [3.05, 3.63) is 22.6 Å². The van der Waals surface area contributed by atoms with Crippen molar-refractivity contribution in [1.29, 1.82) is 0 Å². The molecule has 2 N–H and O–H groups in total. The van der Waals surface area contributed by atoms with Crippen LogP contribution in [0.1, 0.15) is 56.1 Å². The summed E-state index contributed by atoms with van der Waals surface area (Å²) < 4.78 is 41.2. The van der Waals surface area contributed by atoms with Crippen LogP contribution in [0.25, 0.3) is 10.2 Å². The fourth-order valence-electron chi connectivity index (χ4n) is 5.53. The fourth-order valence-corrected chi connectivity index (χ4v) is 6.65. The van der Waals surface area contributed by atoms with Crippen LogP contribution in [0.15, 0.2) is 6.07 Å². The number of amides is 1. The first-order chi connectivity index (χ1) is 17.7. The molecule has 0 bridgehead atoms. The first-order valence-corrected chi connectivity index (χ1v) is 13.6. The number of nitrogens with zero attached hydrogens (tertiary/aromatic N) is 7. The molecule has 37 heavy (non-hydrogen) atoms. The molecule has 2 aliphatic rings. The fraction of sp³-hybridized carbons (Fsp3) is 0.625. The first-order valence-electron chi connectivity index (χ1n) is 12.8. The zero-order chi connectivity index (χ0) is 26.3. The number of rotatable bonds is 7. The molecule has 0 spiro atoms. The number of carbonyl (C=O) groups is 1. The molecule has 5 heterocycles. The monoisotopic (exact) mass is 536 g/mol. The van der Waals surface area contributed by atoms with Gasteiger partial charge in [-0.3, -0.25) is 4.79 Å². The molecule has 2 aliphatic heterocycles. The van der Waals surface area contributed by atoms with Gasteiger partial charge < -0.3 is 20.1 Å². The summed E-state index contributed by atoms with van der Waals surface area (Å²) in [6, 6.07) is 2.10. The predicted octanol–water partition coefficient (Wildman–Crippen LogP) is 4.00. The van der Waals surface area contributed by atoms with E-state index >= 15 is 0 Å². The van der Waals surface area contributed by atoms with Gasteiger partial charge in [-0.1, -0.05) is 20.3 Å². The molecule has 0 aromatic carbocycles. The number of halogens is 3. The number of carbonyl (C=O) groups excluding carboxylic acids is 1. The molecular formula is C24H31F3N8OS. The second-order valence-electron chi connectivity index (χ2n) is 9.80. The van der Waals surface area contributed by atoms with E-state index in [0.29, 0.717) is 31.3 Å². The van der Waals surface area contributed by atoms with Crippen LogP contribution in [-0.2, 0) is 30.5 Å². The quantitative estimate of drug-likeness (QED) is 0.487. The van der Waals surface area contributed by atoms with Gasteiger partial charge in [0.05, 0.1) is 11.9 Å². The van der Waals surface area contributed by atoms with E-state index in [9.17, 15) is 18.0 Å². The third-order valence-corrected chi connectivity index (χ3v) is 8.42. The topological polar surface area (TPSA) is 106 Å². The minimum Gasteiger partial charge on any atom is -0.369 e. The molecule has 200 valence electrons. The number of aromatic nitrogens is 5. The predicted molar refractivity (Wildman–Crippen MR) is 135 cm³/mol. The zero-order valence-electron chi connectivity index (χ0n) is 21.0. The summed E-state index contributed by atoms with van der Waals surface area (Å²) in [4.78, 5) is 28.0. The molecule has 0 saturated carbocycles. The van der Waals surface area contributed by atoms with Crippen LogP contribution in [0.5, 0.6) is 0 Å². The van der Waals surface area contributed by atoms with Gasteiger partial charge in [0.2, 0.25) is 17.7 Å². The van der Waals surface area contributed by atoms with E-state index < -0.39 is 12.0 Å². The van der Waals surface area contributed by atoms with Crippen LogP contribution in [0.2, 0.25) is 0 Å². The Morgan fingerprint density at radius 2 is 2.00 bits per heavy atom. The Balaban J connectivity index is 1.50. The minimum absolute atomic E-state index is 0.118. The second-order valence-corrected chi connectivity index (χ2v) is 10.9. The number of hydrogen-bond acceptors (Lipinski definition) is 8. The SMILES string of the molecule is CCCc1cc2c(N3CCn4c(nnc4C(F)(F)F)C3)nc(N3CCC[C@@H](C(CC)C(N)=O)C3)nc2s1. The van der Waals surface area contributed by atoms with Crippen LogP contribution in [0.3, 0.4) is 0 Å². The van der Waals surface area contributed by atoms with Crippen molar-refractivity contribution in [2.75, 3.05) is 29.4 Å². The van der Waals surface area contributed by atoms with Gasteiger partial charge in [-0.15, -0.1) is 21.5 Å². The van der Waals surface area contributed by atoms with Gasteiger partial charge in [-0.25, -0.2) is 4.98 Å². The number of aryl methyl sites for hydroxylation is 1. The zero-order valence-corrected chi connectivity index (χ0v) is 21.8. The number of primary amides is 1. The Kier molecular flexibility index (Phi) is 6.99. The molecule has 1 unspecified atom stereocenters. The van der Waals surface area contributed by atoms with Crippen LogP contribution in [-0.4, -0.2) is 50.3 Å². The number of piperidine rings is 1. The summed E-state index contributed by atoms with van der Waals surface area (Å²) in [6.45, 7) is 6.16. The lowest BCUT2D eigenvalue weighted by atomic mass is 9.83.